The van der Waals surface area contributed by atoms with Crippen molar-refractivity contribution in [3.63, 3.8) is 0 Å². The molecule has 4 heteroatoms. The van der Waals surface area contributed by atoms with Crippen LogP contribution in [0, 0.1) is 5.82 Å². The van der Waals surface area contributed by atoms with E-state index in [0.717, 1.165) is 25.0 Å². The first-order valence-corrected chi connectivity index (χ1v) is 6.83. The molecule has 0 radical (unpaired) electrons. The number of fused-ring (bicyclic) bond motifs is 1. The minimum absolute atomic E-state index is 0.0955. The second-order valence-electron chi connectivity index (χ2n) is 5.16. The molecule has 0 fully saturated rings. The maximum atomic E-state index is 13.0. The van der Waals surface area contributed by atoms with Crippen LogP contribution in [0.5, 0.6) is 5.75 Å². The fraction of sp³-hybridized carbons (Fsp3) is 0.312. The lowest BCUT2D eigenvalue weighted by Crippen LogP contribution is -2.17. The highest BCUT2D eigenvalue weighted by atomic mass is 19.1. The molecule has 3 nitrogen and oxygen atoms in total. The average Bonchev–Trinajstić information content (AvgIpc) is 2.46. The largest absolute Gasteiger partial charge is 0.489 e. The molecule has 1 aliphatic carbocycles. The third kappa shape index (κ3) is 2.80. The Kier molecular flexibility index (Phi) is 3.65. The van der Waals surface area contributed by atoms with E-state index in [2.05, 4.69) is 11.1 Å². The quantitative estimate of drug-likeness (QED) is 0.933. The zero-order valence-electron chi connectivity index (χ0n) is 11.2. The minimum Gasteiger partial charge on any atom is -0.489 e. The Labute approximate surface area is 117 Å². The number of nitrogens with two attached hydrogens (primary N) is 1. The number of pyridine rings is 1. The zero-order chi connectivity index (χ0) is 13.9. The first-order chi connectivity index (χ1) is 9.72. The standard InChI is InChI=1S/C16H17FN2O/c17-13-6-11(8-19-9-13)10-20-14-5-4-12-2-1-3-16(18)15(12)7-14/h4-9,16H,1-3,10,18H2. The van der Waals surface area contributed by atoms with Crippen LogP contribution in [0.4, 0.5) is 4.39 Å². The fourth-order valence-electron chi connectivity index (χ4n) is 2.61. The van der Waals surface area contributed by atoms with Crippen LogP contribution in [-0.2, 0) is 13.0 Å². The summed E-state index contributed by atoms with van der Waals surface area (Å²) in [6.45, 7) is 0.304. The van der Waals surface area contributed by atoms with Gasteiger partial charge >= 0.3 is 0 Å². The second kappa shape index (κ2) is 5.59. The number of rotatable bonds is 3. The summed E-state index contributed by atoms with van der Waals surface area (Å²) in [4.78, 5) is 3.80. The second-order valence-corrected chi connectivity index (χ2v) is 5.16. The molecule has 0 saturated carbocycles. The van der Waals surface area contributed by atoms with Gasteiger partial charge in [-0.05, 0) is 48.6 Å². The third-order valence-electron chi connectivity index (χ3n) is 3.65. The van der Waals surface area contributed by atoms with Gasteiger partial charge in [0.2, 0.25) is 0 Å². The molecule has 0 amide bonds. The molecular weight excluding hydrogens is 255 g/mol. The van der Waals surface area contributed by atoms with Gasteiger partial charge in [0.25, 0.3) is 0 Å². The lowest BCUT2D eigenvalue weighted by Gasteiger charge is -2.22. The predicted octanol–water partition coefficient (Wildman–Crippen LogP) is 3.14. The normalized spacial score (nSPS) is 17.6. The molecule has 20 heavy (non-hydrogen) atoms. The number of aryl methyl sites for hydroxylation is 1. The summed E-state index contributed by atoms with van der Waals surface area (Å²) in [5.41, 5.74) is 9.32. The van der Waals surface area contributed by atoms with E-state index in [9.17, 15) is 4.39 Å². The van der Waals surface area contributed by atoms with Gasteiger partial charge in [0.05, 0.1) is 6.20 Å². The Balaban J connectivity index is 1.73. The molecule has 2 aromatic rings. The van der Waals surface area contributed by atoms with Gasteiger partial charge in [-0.1, -0.05) is 6.07 Å². The fourth-order valence-corrected chi connectivity index (χ4v) is 2.61. The summed E-state index contributed by atoms with van der Waals surface area (Å²) in [7, 11) is 0. The van der Waals surface area contributed by atoms with Gasteiger partial charge in [-0.2, -0.15) is 0 Å². The van der Waals surface area contributed by atoms with Crippen LogP contribution in [0.25, 0.3) is 0 Å². The van der Waals surface area contributed by atoms with E-state index in [0.29, 0.717) is 12.2 Å². The van der Waals surface area contributed by atoms with Crippen molar-refractivity contribution < 1.29 is 9.13 Å². The molecule has 104 valence electrons. The van der Waals surface area contributed by atoms with Crippen molar-refractivity contribution in [1.29, 1.82) is 0 Å². The van der Waals surface area contributed by atoms with Crippen molar-refractivity contribution in [2.24, 2.45) is 5.73 Å². The Bertz CT molecular complexity index is 615. The number of halogens is 1. The predicted molar refractivity (Wildman–Crippen MR) is 74.8 cm³/mol. The van der Waals surface area contributed by atoms with Crippen molar-refractivity contribution in [3.05, 3.63) is 59.2 Å². The number of nitrogens with zero attached hydrogens (tertiary/aromatic N) is 1. The van der Waals surface area contributed by atoms with Gasteiger partial charge in [0.15, 0.2) is 0 Å². The molecule has 3 rings (SSSR count). The molecule has 0 saturated heterocycles. The molecule has 1 unspecified atom stereocenters. The van der Waals surface area contributed by atoms with Gasteiger partial charge in [0, 0.05) is 17.8 Å². The van der Waals surface area contributed by atoms with Crippen LogP contribution in [-0.4, -0.2) is 4.98 Å². The lowest BCUT2D eigenvalue weighted by atomic mass is 9.88. The Hall–Kier alpha value is -1.94. The van der Waals surface area contributed by atoms with Crippen molar-refractivity contribution >= 4 is 0 Å². The SMILES string of the molecule is NC1CCCc2ccc(OCc3cncc(F)c3)cc21. The van der Waals surface area contributed by atoms with Crippen LogP contribution in [0.2, 0.25) is 0 Å². The Morgan fingerprint density at radius 1 is 1.30 bits per heavy atom. The molecule has 0 aliphatic heterocycles. The maximum Gasteiger partial charge on any atom is 0.141 e. The molecule has 1 aliphatic rings. The molecular formula is C16H17FN2O. The van der Waals surface area contributed by atoms with Gasteiger partial charge in [-0.3, -0.25) is 4.98 Å². The van der Waals surface area contributed by atoms with Gasteiger partial charge in [-0.15, -0.1) is 0 Å². The molecule has 1 atom stereocenters. The van der Waals surface area contributed by atoms with Crippen LogP contribution >= 0.6 is 0 Å². The maximum absolute atomic E-state index is 13.0. The smallest absolute Gasteiger partial charge is 0.141 e. The molecule has 1 aromatic carbocycles. The van der Waals surface area contributed by atoms with Gasteiger partial charge in [-0.25, -0.2) is 4.39 Å². The molecule has 0 bridgehead atoms. The minimum atomic E-state index is -0.349. The highest BCUT2D eigenvalue weighted by Crippen LogP contribution is 2.31. The third-order valence-corrected chi connectivity index (χ3v) is 3.65. The summed E-state index contributed by atoms with van der Waals surface area (Å²) in [6.07, 6.45) is 6.03. The van der Waals surface area contributed by atoms with Crippen LogP contribution in [0.1, 0.15) is 35.6 Å². The van der Waals surface area contributed by atoms with Crippen LogP contribution in [0.15, 0.2) is 36.7 Å². The van der Waals surface area contributed by atoms with Crippen molar-refractivity contribution in [2.45, 2.75) is 31.9 Å². The van der Waals surface area contributed by atoms with E-state index < -0.39 is 0 Å². The number of ether oxygens (including phenoxy) is 1. The van der Waals surface area contributed by atoms with Crippen LogP contribution in [0.3, 0.4) is 0 Å². The number of aromatic nitrogens is 1. The van der Waals surface area contributed by atoms with E-state index in [1.165, 1.54) is 23.4 Å². The molecule has 1 heterocycles. The topological polar surface area (TPSA) is 48.1 Å². The zero-order valence-corrected chi connectivity index (χ0v) is 11.2. The summed E-state index contributed by atoms with van der Waals surface area (Å²) in [5.74, 6) is 0.420. The van der Waals surface area contributed by atoms with Crippen molar-refractivity contribution in [2.75, 3.05) is 0 Å². The van der Waals surface area contributed by atoms with E-state index in [1.807, 2.05) is 12.1 Å². The van der Waals surface area contributed by atoms with E-state index in [1.54, 1.807) is 6.20 Å². The molecule has 2 N–H and O–H groups in total. The van der Waals surface area contributed by atoms with Gasteiger partial charge < -0.3 is 10.5 Å². The highest BCUT2D eigenvalue weighted by Gasteiger charge is 2.17. The van der Waals surface area contributed by atoms with Gasteiger partial charge in [0.1, 0.15) is 18.2 Å². The number of hydrogen-bond acceptors (Lipinski definition) is 3. The number of hydrogen-bond donors (Lipinski definition) is 1. The number of benzene rings is 1. The van der Waals surface area contributed by atoms with E-state index in [4.69, 9.17) is 10.5 Å². The van der Waals surface area contributed by atoms with E-state index in [-0.39, 0.29) is 11.9 Å². The van der Waals surface area contributed by atoms with Crippen molar-refractivity contribution in [3.8, 4) is 5.75 Å². The highest BCUT2D eigenvalue weighted by molar-refractivity contribution is 5.39. The van der Waals surface area contributed by atoms with Crippen molar-refractivity contribution in [1.82, 2.24) is 4.98 Å². The summed E-state index contributed by atoms with van der Waals surface area (Å²) in [5, 5.41) is 0. The monoisotopic (exact) mass is 272 g/mol. The van der Waals surface area contributed by atoms with E-state index >= 15 is 0 Å². The van der Waals surface area contributed by atoms with Crippen LogP contribution < -0.4 is 10.5 Å². The first kappa shape index (κ1) is 13.1. The lowest BCUT2D eigenvalue weighted by molar-refractivity contribution is 0.304. The summed E-state index contributed by atoms with van der Waals surface area (Å²) < 4.78 is 18.7. The first-order valence-electron chi connectivity index (χ1n) is 6.83. The molecule has 1 aromatic heterocycles. The Morgan fingerprint density at radius 3 is 3.05 bits per heavy atom. The summed E-state index contributed by atoms with van der Waals surface area (Å²) in [6, 6.07) is 7.55. The average molecular weight is 272 g/mol. The molecule has 0 spiro atoms. The Morgan fingerprint density at radius 2 is 2.20 bits per heavy atom. The summed E-state index contributed by atoms with van der Waals surface area (Å²) >= 11 is 0.